The maximum absolute atomic E-state index is 5.70. The van der Waals surface area contributed by atoms with Gasteiger partial charge in [-0.05, 0) is 24.0 Å². The summed E-state index contributed by atoms with van der Waals surface area (Å²) >= 11 is 0. The van der Waals surface area contributed by atoms with Crippen molar-refractivity contribution in [3.63, 3.8) is 0 Å². The van der Waals surface area contributed by atoms with E-state index in [9.17, 15) is 0 Å². The monoisotopic (exact) mass is 191 g/mol. The van der Waals surface area contributed by atoms with Gasteiger partial charge in [0.25, 0.3) is 0 Å². The van der Waals surface area contributed by atoms with Crippen LogP contribution >= 0.6 is 0 Å². The van der Waals surface area contributed by atoms with Gasteiger partial charge in [-0.3, -0.25) is 4.98 Å². The molecule has 1 unspecified atom stereocenters. The van der Waals surface area contributed by atoms with Gasteiger partial charge in [0.05, 0.1) is 11.9 Å². The summed E-state index contributed by atoms with van der Waals surface area (Å²) in [5.74, 6) is 0.792. The molecule has 1 fully saturated rings. The predicted octanol–water partition coefficient (Wildman–Crippen LogP) is 1.39. The zero-order valence-electron chi connectivity index (χ0n) is 8.61. The molecule has 1 atom stereocenters. The molecule has 76 valence electrons. The third kappa shape index (κ3) is 1.73. The lowest BCUT2D eigenvalue weighted by Gasteiger charge is -2.20. The summed E-state index contributed by atoms with van der Waals surface area (Å²) in [5, 5.41) is 0. The minimum Gasteiger partial charge on any atom is -0.370 e. The number of pyridine rings is 1. The normalized spacial score (nSPS) is 21.6. The van der Waals surface area contributed by atoms with E-state index in [0.717, 1.165) is 19.0 Å². The maximum atomic E-state index is 5.70. The molecule has 0 saturated carbocycles. The highest BCUT2D eigenvalue weighted by atomic mass is 15.2. The second-order valence-electron chi connectivity index (χ2n) is 4.05. The first-order valence-electron chi connectivity index (χ1n) is 5.19. The summed E-state index contributed by atoms with van der Waals surface area (Å²) in [5.41, 5.74) is 8.12. The Morgan fingerprint density at radius 3 is 3.14 bits per heavy atom. The lowest BCUT2D eigenvalue weighted by atomic mass is 10.2. The zero-order valence-corrected chi connectivity index (χ0v) is 8.61. The van der Waals surface area contributed by atoms with Crippen LogP contribution in [0.1, 0.15) is 18.9 Å². The summed E-state index contributed by atoms with van der Waals surface area (Å²) in [6, 6.07) is 2.01. The predicted molar refractivity (Wildman–Crippen MR) is 58.1 cm³/mol. The van der Waals surface area contributed by atoms with Gasteiger partial charge in [0, 0.05) is 25.8 Å². The van der Waals surface area contributed by atoms with Crippen LogP contribution in [0.25, 0.3) is 0 Å². The number of aromatic nitrogens is 1. The van der Waals surface area contributed by atoms with E-state index in [0.29, 0.717) is 6.54 Å². The number of nitrogens with two attached hydrogens (primary N) is 1. The van der Waals surface area contributed by atoms with E-state index >= 15 is 0 Å². The van der Waals surface area contributed by atoms with Crippen LogP contribution in [0.5, 0.6) is 0 Å². The summed E-state index contributed by atoms with van der Waals surface area (Å²) < 4.78 is 0. The third-order valence-electron chi connectivity index (χ3n) is 2.87. The molecule has 1 aromatic heterocycles. The Hall–Kier alpha value is -1.09. The first kappa shape index (κ1) is 9.46. The molecule has 0 radical (unpaired) electrons. The van der Waals surface area contributed by atoms with Crippen molar-refractivity contribution < 1.29 is 0 Å². The van der Waals surface area contributed by atoms with Crippen molar-refractivity contribution >= 4 is 5.69 Å². The van der Waals surface area contributed by atoms with E-state index in [-0.39, 0.29) is 0 Å². The summed E-state index contributed by atoms with van der Waals surface area (Å²) in [6.07, 6.45) is 5.02. The zero-order chi connectivity index (χ0) is 9.97. The van der Waals surface area contributed by atoms with Gasteiger partial charge in [0.1, 0.15) is 0 Å². The minimum atomic E-state index is 0.600. The van der Waals surface area contributed by atoms with Crippen LogP contribution in [0, 0.1) is 5.92 Å². The standard InChI is InChI=1S/C11H17N3/c1-9-3-5-14(8-9)11-7-13-4-2-10(11)6-12/h2,4,7,9H,3,5-6,8,12H2,1H3. The van der Waals surface area contributed by atoms with Crippen LogP contribution in [0.3, 0.4) is 0 Å². The lowest BCUT2D eigenvalue weighted by Crippen LogP contribution is -2.21. The fourth-order valence-electron chi connectivity index (χ4n) is 2.03. The van der Waals surface area contributed by atoms with E-state index < -0.39 is 0 Å². The van der Waals surface area contributed by atoms with Crippen LogP contribution in [-0.4, -0.2) is 18.1 Å². The Morgan fingerprint density at radius 2 is 2.50 bits per heavy atom. The highest BCUT2D eigenvalue weighted by Gasteiger charge is 2.20. The van der Waals surface area contributed by atoms with E-state index in [1.54, 1.807) is 0 Å². The summed E-state index contributed by atoms with van der Waals surface area (Å²) in [7, 11) is 0. The van der Waals surface area contributed by atoms with Crippen LogP contribution in [0.4, 0.5) is 5.69 Å². The molecule has 2 N–H and O–H groups in total. The van der Waals surface area contributed by atoms with Crippen molar-refractivity contribution in [1.29, 1.82) is 0 Å². The molecule has 0 spiro atoms. The molecule has 3 heteroatoms. The Balaban J connectivity index is 2.22. The van der Waals surface area contributed by atoms with E-state index in [1.165, 1.54) is 17.7 Å². The van der Waals surface area contributed by atoms with Crippen molar-refractivity contribution in [1.82, 2.24) is 4.98 Å². The summed E-state index contributed by atoms with van der Waals surface area (Å²) in [4.78, 5) is 6.55. The first-order chi connectivity index (χ1) is 6.81. The van der Waals surface area contributed by atoms with Crippen molar-refractivity contribution in [3.8, 4) is 0 Å². The maximum Gasteiger partial charge on any atom is 0.0598 e. The van der Waals surface area contributed by atoms with Crippen molar-refractivity contribution in [2.24, 2.45) is 11.7 Å². The molecular weight excluding hydrogens is 174 g/mol. The lowest BCUT2D eigenvalue weighted by molar-refractivity contribution is 0.659. The van der Waals surface area contributed by atoms with Gasteiger partial charge in [-0.25, -0.2) is 0 Å². The van der Waals surface area contributed by atoms with Crippen LogP contribution in [0.2, 0.25) is 0 Å². The second kappa shape index (κ2) is 3.96. The molecule has 0 aromatic carbocycles. The molecule has 0 amide bonds. The van der Waals surface area contributed by atoms with Gasteiger partial charge in [0.2, 0.25) is 0 Å². The molecule has 3 nitrogen and oxygen atoms in total. The third-order valence-corrected chi connectivity index (χ3v) is 2.87. The van der Waals surface area contributed by atoms with Crippen LogP contribution in [0.15, 0.2) is 18.5 Å². The van der Waals surface area contributed by atoms with E-state index in [4.69, 9.17) is 5.73 Å². The molecule has 1 aliphatic rings. The topological polar surface area (TPSA) is 42.2 Å². The van der Waals surface area contributed by atoms with Gasteiger partial charge in [-0.1, -0.05) is 6.92 Å². The molecule has 0 bridgehead atoms. The SMILES string of the molecule is CC1CCN(c2cnccc2CN)C1. The first-order valence-corrected chi connectivity index (χ1v) is 5.19. The fraction of sp³-hybridized carbons (Fsp3) is 0.545. The van der Waals surface area contributed by atoms with E-state index in [1.807, 2.05) is 18.5 Å². The molecular formula is C11H17N3. The molecule has 2 rings (SSSR count). The van der Waals surface area contributed by atoms with Gasteiger partial charge < -0.3 is 10.6 Å². The Bertz CT molecular complexity index is 311. The Kier molecular flexibility index (Phi) is 2.68. The number of anilines is 1. The van der Waals surface area contributed by atoms with Gasteiger partial charge in [-0.2, -0.15) is 0 Å². The molecule has 0 aliphatic carbocycles. The average molecular weight is 191 g/mol. The highest BCUT2D eigenvalue weighted by Crippen LogP contribution is 2.25. The van der Waals surface area contributed by atoms with Crippen LogP contribution in [-0.2, 0) is 6.54 Å². The van der Waals surface area contributed by atoms with E-state index in [2.05, 4.69) is 16.8 Å². The molecule has 1 aromatic rings. The molecule has 1 saturated heterocycles. The smallest absolute Gasteiger partial charge is 0.0598 e. The minimum absolute atomic E-state index is 0.600. The van der Waals surface area contributed by atoms with Gasteiger partial charge >= 0.3 is 0 Å². The molecule has 2 heterocycles. The van der Waals surface area contributed by atoms with Crippen molar-refractivity contribution in [3.05, 3.63) is 24.0 Å². The molecule has 14 heavy (non-hydrogen) atoms. The van der Waals surface area contributed by atoms with Crippen molar-refractivity contribution in [2.75, 3.05) is 18.0 Å². The van der Waals surface area contributed by atoms with Crippen molar-refractivity contribution in [2.45, 2.75) is 19.9 Å². The number of hydrogen-bond acceptors (Lipinski definition) is 3. The number of rotatable bonds is 2. The Labute approximate surface area is 84.9 Å². The number of nitrogens with zero attached hydrogens (tertiary/aromatic N) is 2. The Morgan fingerprint density at radius 1 is 1.64 bits per heavy atom. The van der Waals surface area contributed by atoms with Gasteiger partial charge in [-0.15, -0.1) is 0 Å². The summed E-state index contributed by atoms with van der Waals surface area (Å²) in [6.45, 7) is 5.17. The second-order valence-corrected chi connectivity index (χ2v) is 4.05. The highest BCUT2D eigenvalue weighted by molar-refractivity contribution is 5.52. The van der Waals surface area contributed by atoms with Gasteiger partial charge in [0.15, 0.2) is 0 Å². The largest absolute Gasteiger partial charge is 0.370 e. The molecule has 1 aliphatic heterocycles. The quantitative estimate of drug-likeness (QED) is 0.768. The van der Waals surface area contributed by atoms with Crippen LogP contribution < -0.4 is 10.6 Å². The average Bonchev–Trinajstić information content (AvgIpc) is 2.65. The number of hydrogen-bond donors (Lipinski definition) is 1. The fourth-order valence-corrected chi connectivity index (χ4v) is 2.03.